The minimum atomic E-state index is -0.721. The Morgan fingerprint density at radius 3 is 2.52 bits per heavy atom. The number of carbonyl (C=O) groups is 1. The van der Waals surface area contributed by atoms with Crippen molar-refractivity contribution < 1.29 is 18.4 Å². The van der Waals surface area contributed by atoms with Gasteiger partial charge in [0.1, 0.15) is 11.0 Å². The second-order valence-electron chi connectivity index (χ2n) is 5.45. The van der Waals surface area contributed by atoms with Crippen molar-refractivity contribution in [2.75, 3.05) is 6.61 Å². The van der Waals surface area contributed by atoms with Gasteiger partial charge >= 0.3 is 11.6 Å². The van der Waals surface area contributed by atoms with Gasteiger partial charge in [-0.15, -0.1) is 0 Å². The summed E-state index contributed by atoms with van der Waals surface area (Å²) >= 11 is 0. The van der Waals surface area contributed by atoms with E-state index < -0.39 is 17.0 Å². The number of rotatable bonds is 2. The Kier molecular flexibility index (Phi) is 3.39. The van der Waals surface area contributed by atoms with E-state index in [-0.39, 0.29) is 28.9 Å². The second kappa shape index (κ2) is 5.59. The maximum Gasteiger partial charge on any atom is 0.374 e. The zero-order valence-electron chi connectivity index (χ0n) is 13.2. The number of hydrogen-bond donors (Lipinski definition) is 0. The molecule has 6 heteroatoms. The van der Waals surface area contributed by atoms with E-state index in [1.54, 1.807) is 43.3 Å². The Morgan fingerprint density at radius 2 is 1.76 bits per heavy atom. The fourth-order valence-corrected chi connectivity index (χ4v) is 2.89. The van der Waals surface area contributed by atoms with Crippen LogP contribution in [0.5, 0.6) is 0 Å². The molecule has 0 atom stereocenters. The molecule has 4 rings (SSSR count). The van der Waals surface area contributed by atoms with Crippen molar-refractivity contribution in [3.8, 4) is 0 Å². The van der Waals surface area contributed by atoms with Crippen LogP contribution in [0.3, 0.4) is 0 Å². The summed E-state index contributed by atoms with van der Waals surface area (Å²) < 4.78 is 15.7. The summed E-state index contributed by atoms with van der Waals surface area (Å²) in [5.41, 5.74) is -0.718. The number of carbonyl (C=O) groups excluding carboxylic acids is 1. The molecule has 0 bridgehead atoms. The average Bonchev–Trinajstić information content (AvgIpc) is 2.61. The molecular weight excluding hydrogens is 324 g/mol. The Balaban J connectivity index is 2.12. The van der Waals surface area contributed by atoms with Crippen molar-refractivity contribution in [2.24, 2.45) is 0 Å². The molecule has 6 nitrogen and oxygen atoms in total. The Morgan fingerprint density at radius 1 is 1.00 bits per heavy atom. The molecule has 0 unspecified atom stereocenters. The van der Waals surface area contributed by atoms with Crippen molar-refractivity contribution >= 4 is 38.7 Å². The molecule has 2 aromatic heterocycles. The monoisotopic (exact) mass is 336 g/mol. The summed E-state index contributed by atoms with van der Waals surface area (Å²) in [4.78, 5) is 36.6. The SMILES string of the molecule is CCOC(=O)c1cc(=O)c2c(ccc3c4ccccc4c(=O)oc32)o1. The number of fused-ring (bicyclic) bond motifs is 5. The molecule has 0 aliphatic carbocycles. The Bertz CT molecular complexity index is 1260. The van der Waals surface area contributed by atoms with Crippen LogP contribution in [0.4, 0.5) is 0 Å². The third kappa shape index (κ3) is 2.30. The first-order chi connectivity index (χ1) is 12.1. The van der Waals surface area contributed by atoms with Crippen LogP contribution in [0.25, 0.3) is 32.7 Å². The van der Waals surface area contributed by atoms with Crippen LogP contribution in [0.15, 0.2) is 60.9 Å². The lowest BCUT2D eigenvalue weighted by Crippen LogP contribution is -2.11. The highest BCUT2D eigenvalue weighted by Gasteiger charge is 2.17. The van der Waals surface area contributed by atoms with Gasteiger partial charge in [-0.3, -0.25) is 4.79 Å². The molecule has 0 saturated carbocycles. The van der Waals surface area contributed by atoms with E-state index >= 15 is 0 Å². The topological polar surface area (TPSA) is 86.7 Å². The van der Waals surface area contributed by atoms with Gasteiger partial charge in [0.2, 0.25) is 5.76 Å². The van der Waals surface area contributed by atoms with E-state index in [0.717, 1.165) is 6.07 Å². The van der Waals surface area contributed by atoms with Gasteiger partial charge < -0.3 is 13.6 Å². The summed E-state index contributed by atoms with van der Waals surface area (Å²) in [7, 11) is 0. The number of benzene rings is 2. The van der Waals surface area contributed by atoms with Crippen molar-refractivity contribution in [3.63, 3.8) is 0 Å². The molecule has 0 amide bonds. The Hall–Kier alpha value is -3.41. The maximum atomic E-state index is 12.5. The van der Waals surface area contributed by atoms with Gasteiger partial charge in [-0.2, -0.15) is 0 Å². The largest absolute Gasteiger partial charge is 0.460 e. The zero-order valence-corrected chi connectivity index (χ0v) is 13.2. The maximum absolute atomic E-state index is 12.5. The van der Waals surface area contributed by atoms with Crippen molar-refractivity contribution in [3.05, 3.63) is 68.9 Å². The molecular formula is C19H12O6. The molecule has 0 saturated heterocycles. The van der Waals surface area contributed by atoms with E-state index in [1.165, 1.54) is 0 Å². The molecule has 124 valence electrons. The molecule has 2 heterocycles. The van der Waals surface area contributed by atoms with Crippen LogP contribution in [0, 0.1) is 0 Å². The van der Waals surface area contributed by atoms with Gasteiger partial charge in [0, 0.05) is 11.5 Å². The number of esters is 1. The third-order valence-corrected chi connectivity index (χ3v) is 3.96. The fourth-order valence-electron chi connectivity index (χ4n) is 2.89. The molecule has 2 aromatic carbocycles. The van der Waals surface area contributed by atoms with Gasteiger partial charge in [-0.05, 0) is 30.5 Å². The van der Waals surface area contributed by atoms with Gasteiger partial charge in [0.05, 0.1) is 12.0 Å². The summed E-state index contributed by atoms with van der Waals surface area (Å²) in [6.45, 7) is 1.82. The quantitative estimate of drug-likeness (QED) is 0.317. The van der Waals surface area contributed by atoms with Gasteiger partial charge in [0.15, 0.2) is 11.0 Å². The average molecular weight is 336 g/mol. The zero-order chi connectivity index (χ0) is 17.6. The van der Waals surface area contributed by atoms with E-state index in [2.05, 4.69) is 0 Å². The lowest BCUT2D eigenvalue weighted by molar-refractivity contribution is 0.0490. The van der Waals surface area contributed by atoms with Crippen LogP contribution in [0.1, 0.15) is 17.5 Å². The smallest absolute Gasteiger partial charge is 0.374 e. The predicted molar refractivity (Wildman–Crippen MR) is 92.0 cm³/mol. The van der Waals surface area contributed by atoms with E-state index in [1.807, 2.05) is 0 Å². The molecule has 0 spiro atoms. The molecule has 4 aromatic rings. The van der Waals surface area contributed by atoms with Gasteiger partial charge in [0.25, 0.3) is 0 Å². The highest BCUT2D eigenvalue weighted by atomic mass is 16.5. The summed E-state index contributed by atoms with van der Waals surface area (Å²) in [6.07, 6.45) is 0. The van der Waals surface area contributed by atoms with E-state index in [0.29, 0.717) is 16.2 Å². The predicted octanol–water partition coefficient (Wildman–Crippen LogP) is 3.23. The molecule has 0 N–H and O–H groups in total. The normalized spacial score (nSPS) is 11.2. The summed E-state index contributed by atoms with van der Waals surface area (Å²) in [5, 5.41) is 1.86. The molecule has 25 heavy (non-hydrogen) atoms. The summed E-state index contributed by atoms with van der Waals surface area (Å²) in [6, 6.07) is 11.3. The Labute approximate surface area is 140 Å². The second-order valence-corrected chi connectivity index (χ2v) is 5.45. The first kappa shape index (κ1) is 15.1. The minimum absolute atomic E-state index is 0.119. The first-order valence-electron chi connectivity index (χ1n) is 7.69. The van der Waals surface area contributed by atoms with Crippen molar-refractivity contribution in [1.82, 2.24) is 0 Å². The van der Waals surface area contributed by atoms with Crippen LogP contribution in [-0.2, 0) is 4.74 Å². The van der Waals surface area contributed by atoms with Crippen LogP contribution >= 0.6 is 0 Å². The van der Waals surface area contributed by atoms with Gasteiger partial charge in [-0.1, -0.05) is 18.2 Å². The van der Waals surface area contributed by atoms with Gasteiger partial charge in [-0.25, -0.2) is 9.59 Å². The lowest BCUT2D eigenvalue weighted by atomic mass is 10.1. The third-order valence-electron chi connectivity index (χ3n) is 3.96. The van der Waals surface area contributed by atoms with Crippen molar-refractivity contribution in [2.45, 2.75) is 6.92 Å². The molecule has 0 aliphatic heterocycles. The molecule has 0 fully saturated rings. The van der Waals surface area contributed by atoms with E-state index in [9.17, 15) is 14.4 Å². The highest BCUT2D eigenvalue weighted by Crippen LogP contribution is 2.28. The van der Waals surface area contributed by atoms with Crippen LogP contribution in [0.2, 0.25) is 0 Å². The first-order valence-corrected chi connectivity index (χ1v) is 7.69. The lowest BCUT2D eigenvalue weighted by Gasteiger charge is -2.06. The van der Waals surface area contributed by atoms with Crippen LogP contribution in [-0.4, -0.2) is 12.6 Å². The van der Waals surface area contributed by atoms with Crippen molar-refractivity contribution in [1.29, 1.82) is 0 Å². The molecule has 0 radical (unpaired) electrons. The number of ether oxygens (including phenoxy) is 1. The molecule has 0 aliphatic rings. The van der Waals surface area contributed by atoms with E-state index in [4.69, 9.17) is 13.6 Å². The standard InChI is InChI=1S/C19H12O6/c1-2-23-19(22)15-9-13(20)16-14(24-15)8-7-11-10-5-3-4-6-12(10)18(21)25-17(11)16/h3-9H,2H2,1H3. The minimum Gasteiger partial charge on any atom is -0.460 e. The highest BCUT2D eigenvalue weighted by molar-refractivity contribution is 6.12. The summed E-state index contributed by atoms with van der Waals surface area (Å²) in [5.74, 6) is -0.914. The fraction of sp³-hybridized carbons (Fsp3) is 0.105. The van der Waals surface area contributed by atoms with Crippen LogP contribution < -0.4 is 11.1 Å². The number of hydrogen-bond acceptors (Lipinski definition) is 6.